The molecule has 1 aromatic carbocycles. The van der Waals surface area contributed by atoms with Gasteiger partial charge >= 0.3 is 0 Å². The van der Waals surface area contributed by atoms with E-state index in [0.717, 1.165) is 25.3 Å². The molecular formula is C15H17NO2. The average molecular weight is 243 g/mol. The first kappa shape index (κ1) is 11.4. The predicted octanol–water partition coefficient (Wildman–Crippen LogP) is 2.64. The fourth-order valence-electron chi connectivity index (χ4n) is 2.62. The van der Waals surface area contributed by atoms with E-state index >= 15 is 0 Å². The lowest BCUT2D eigenvalue weighted by molar-refractivity contribution is 0.243. The summed E-state index contributed by atoms with van der Waals surface area (Å²) in [6.07, 6.45) is 1.11. The number of anilines is 1. The van der Waals surface area contributed by atoms with Crippen molar-refractivity contribution in [1.29, 1.82) is 0 Å². The van der Waals surface area contributed by atoms with Gasteiger partial charge in [-0.3, -0.25) is 0 Å². The van der Waals surface area contributed by atoms with Gasteiger partial charge in [-0.15, -0.1) is 0 Å². The fourth-order valence-corrected chi connectivity index (χ4v) is 2.62. The topological polar surface area (TPSA) is 36.6 Å². The van der Waals surface area contributed by atoms with E-state index in [1.54, 1.807) is 0 Å². The molecule has 0 saturated carbocycles. The lowest BCUT2D eigenvalue weighted by Gasteiger charge is -2.18. The predicted molar refractivity (Wildman–Crippen MR) is 70.6 cm³/mol. The number of aliphatic hydroxyl groups excluding tert-OH is 1. The summed E-state index contributed by atoms with van der Waals surface area (Å²) in [5, 5.41) is 9.00. The molecule has 1 aliphatic heterocycles. The molecule has 0 aliphatic carbocycles. The molecule has 0 amide bonds. The minimum Gasteiger partial charge on any atom is -0.462 e. The van der Waals surface area contributed by atoms with Crippen LogP contribution in [0.1, 0.15) is 22.6 Å². The largest absolute Gasteiger partial charge is 0.462 e. The number of fused-ring (bicyclic) bond motifs is 1. The number of aryl methyl sites for hydroxylation is 1. The Hall–Kier alpha value is -1.74. The van der Waals surface area contributed by atoms with Gasteiger partial charge in [0.15, 0.2) is 0 Å². The SMILES string of the molecule is Cc1cccc2c1CCN2Cc1ccc(CO)o1. The van der Waals surface area contributed by atoms with Gasteiger partial charge in [-0.1, -0.05) is 12.1 Å². The molecule has 0 spiro atoms. The Morgan fingerprint density at radius 3 is 2.83 bits per heavy atom. The number of rotatable bonds is 3. The summed E-state index contributed by atoms with van der Waals surface area (Å²) in [6.45, 7) is 3.95. The smallest absolute Gasteiger partial charge is 0.129 e. The second kappa shape index (κ2) is 4.50. The van der Waals surface area contributed by atoms with Gasteiger partial charge < -0.3 is 14.4 Å². The van der Waals surface area contributed by atoms with Gasteiger partial charge in [0.1, 0.15) is 18.1 Å². The van der Waals surface area contributed by atoms with Crippen molar-refractivity contribution in [2.45, 2.75) is 26.5 Å². The van der Waals surface area contributed by atoms with Crippen molar-refractivity contribution in [3.05, 3.63) is 53.0 Å². The van der Waals surface area contributed by atoms with Crippen LogP contribution in [-0.2, 0) is 19.6 Å². The fraction of sp³-hybridized carbons (Fsp3) is 0.333. The molecule has 0 radical (unpaired) electrons. The van der Waals surface area contributed by atoms with Gasteiger partial charge in [-0.2, -0.15) is 0 Å². The van der Waals surface area contributed by atoms with Crippen LogP contribution < -0.4 is 4.90 Å². The molecule has 2 heterocycles. The molecule has 94 valence electrons. The third kappa shape index (κ3) is 1.91. The van der Waals surface area contributed by atoms with Crippen LogP contribution in [0.15, 0.2) is 34.7 Å². The summed E-state index contributed by atoms with van der Waals surface area (Å²) in [7, 11) is 0. The molecule has 0 saturated heterocycles. The van der Waals surface area contributed by atoms with Crippen molar-refractivity contribution in [2.75, 3.05) is 11.4 Å². The number of hydrogen-bond donors (Lipinski definition) is 1. The molecular weight excluding hydrogens is 226 g/mol. The van der Waals surface area contributed by atoms with Gasteiger partial charge in [0, 0.05) is 12.2 Å². The van der Waals surface area contributed by atoms with Gasteiger partial charge in [0.2, 0.25) is 0 Å². The lowest BCUT2D eigenvalue weighted by atomic mass is 10.1. The van der Waals surface area contributed by atoms with Crippen LogP contribution in [0.2, 0.25) is 0 Å². The van der Waals surface area contributed by atoms with Crippen molar-refractivity contribution in [2.24, 2.45) is 0 Å². The van der Waals surface area contributed by atoms with E-state index in [1.807, 2.05) is 12.1 Å². The Morgan fingerprint density at radius 2 is 2.06 bits per heavy atom. The van der Waals surface area contributed by atoms with E-state index in [2.05, 4.69) is 30.0 Å². The summed E-state index contributed by atoms with van der Waals surface area (Å²) in [6, 6.07) is 10.2. The Bertz CT molecular complexity index is 559. The maximum Gasteiger partial charge on any atom is 0.129 e. The Balaban J connectivity index is 1.82. The number of nitrogens with zero attached hydrogens (tertiary/aromatic N) is 1. The zero-order valence-electron chi connectivity index (χ0n) is 10.5. The normalized spacial score (nSPS) is 14.0. The molecule has 18 heavy (non-hydrogen) atoms. The van der Waals surface area contributed by atoms with E-state index in [0.29, 0.717) is 5.76 Å². The average Bonchev–Trinajstić information content (AvgIpc) is 2.98. The molecule has 3 heteroatoms. The number of aliphatic hydroxyl groups is 1. The molecule has 1 aliphatic rings. The molecule has 1 aromatic heterocycles. The van der Waals surface area contributed by atoms with Crippen molar-refractivity contribution < 1.29 is 9.52 Å². The van der Waals surface area contributed by atoms with E-state index in [4.69, 9.17) is 9.52 Å². The molecule has 0 atom stereocenters. The first-order chi connectivity index (χ1) is 8.78. The van der Waals surface area contributed by atoms with Crippen LogP contribution >= 0.6 is 0 Å². The Labute approximate surface area is 107 Å². The van der Waals surface area contributed by atoms with Crippen molar-refractivity contribution in [3.63, 3.8) is 0 Å². The molecule has 0 unspecified atom stereocenters. The van der Waals surface area contributed by atoms with Crippen LogP contribution in [0.5, 0.6) is 0 Å². The number of benzene rings is 1. The third-order valence-electron chi connectivity index (χ3n) is 3.58. The number of hydrogen-bond acceptors (Lipinski definition) is 3. The van der Waals surface area contributed by atoms with Gasteiger partial charge in [0.25, 0.3) is 0 Å². The van der Waals surface area contributed by atoms with Crippen molar-refractivity contribution >= 4 is 5.69 Å². The van der Waals surface area contributed by atoms with E-state index in [1.165, 1.54) is 16.8 Å². The highest BCUT2D eigenvalue weighted by Gasteiger charge is 2.21. The van der Waals surface area contributed by atoms with Crippen molar-refractivity contribution in [3.8, 4) is 0 Å². The summed E-state index contributed by atoms with van der Waals surface area (Å²) in [5.74, 6) is 1.54. The zero-order chi connectivity index (χ0) is 12.5. The van der Waals surface area contributed by atoms with E-state index < -0.39 is 0 Å². The van der Waals surface area contributed by atoms with Gasteiger partial charge in [0.05, 0.1) is 6.54 Å². The van der Waals surface area contributed by atoms with Crippen LogP contribution in [0, 0.1) is 6.92 Å². The van der Waals surface area contributed by atoms with E-state index in [-0.39, 0.29) is 6.61 Å². The minimum atomic E-state index is -0.0320. The van der Waals surface area contributed by atoms with Gasteiger partial charge in [-0.05, 0) is 42.7 Å². The zero-order valence-corrected chi connectivity index (χ0v) is 10.5. The van der Waals surface area contributed by atoms with Gasteiger partial charge in [-0.25, -0.2) is 0 Å². The molecule has 3 nitrogen and oxygen atoms in total. The monoisotopic (exact) mass is 243 g/mol. The highest BCUT2D eigenvalue weighted by molar-refractivity contribution is 5.60. The maximum absolute atomic E-state index is 9.00. The molecule has 3 rings (SSSR count). The quantitative estimate of drug-likeness (QED) is 0.900. The van der Waals surface area contributed by atoms with Crippen LogP contribution in [0.3, 0.4) is 0 Å². The molecule has 1 N–H and O–H groups in total. The minimum absolute atomic E-state index is 0.0320. The maximum atomic E-state index is 9.00. The number of furan rings is 1. The summed E-state index contributed by atoms with van der Waals surface area (Å²) >= 11 is 0. The first-order valence-electron chi connectivity index (χ1n) is 6.30. The standard InChI is InChI=1S/C15H17NO2/c1-11-3-2-4-15-14(11)7-8-16(15)9-12-5-6-13(10-17)18-12/h2-6,17H,7-10H2,1H3. The highest BCUT2D eigenvalue weighted by atomic mass is 16.4. The van der Waals surface area contributed by atoms with Crippen LogP contribution in [-0.4, -0.2) is 11.7 Å². The van der Waals surface area contributed by atoms with Crippen LogP contribution in [0.25, 0.3) is 0 Å². The van der Waals surface area contributed by atoms with Crippen molar-refractivity contribution in [1.82, 2.24) is 0 Å². The lowest BCUT2D eigenvalue weighted by Crippen LogP contribution is -2.19. The molecule has 2 aromatic rings. The second-order valence-electron chi connectivity index (χ2n) is 4.77. The summed E-state index contributed by atoms with van der Waals surface area (Å²) in [4.78, 5) is 2.34. The third-order valence-corrected chi connectivity index (χ3v) is 3.58. The molecule has 0 bridgehead atoms. The summed E-state index contributed by atoms with van der Waals surface area (Å²) < 4.78 is 5.55. The second-order valence-corrected chi connectivity index (χ2v) is 4.77. The summed E-state index contributed by atoms with van der Waals surface area (Å²) in [5.41, 5.74) is 4.13. The van der Waals surface area contributed by atoms with E-state index in [9.17, 15) is 0 Å². The first-order valence-corrected chi connectivity index (χ1v) is 6.30. The molecule has 0 fully saturated rings. The Morgan fingerprint density at radius 1 is 1.22 bits per heavy atom. The highest BCUT2D eigenvalue weighted by Crippen LogP contribution is 2.31. The Kier molecular flexibility index (Phi) is 2.84. The van der Waals surface area contributed by atoms with Crippen LogP contribution in [0.4, 0.5) is 5.69 Å².